The maximum absolute atomic E-state index is 9.11. The van der Waals surface area contributed by atoms with Crippen LogP contribution in [0.3, 0.4) is 0 Å². The second-order valence-electron chi connectivity index (χ2n) is 4.17. The summed E-state index contributed by atoms with van der Waals surface area (Å²) in [6.45, 7) is 1.88. The lowest BCUT2D eigenvalue weighted by Gasteiger charge is -2.11. The Balaban J connectivity index is 2.44. The van der Waals surface area contributed by atoms with Crippen LogP contribution in [0.15, 0.2) is 36.4 Å². The van der Waals surface area contributed by atoms with Crippen molar-refractivity contribution in [2.24, 2.45) is 0 Å². The van der Waals surface area contributed by atoms with Crippen molar-refractivity contribution in [3.05, 3.63) is 53.1 Å². The van der Waals surface area contributed by atoms with Gasteiger partial charge in [0.2, 0.25) is 0 Å². The third kappa shape index (κ3) is 2.71. The number of benzene rings is 2. The van der Waals surface area contributed by atoms with Gasteiger partial charge in [-0.2, -0.15) is 10.5 Å². The predicted molar refractivity (Wildman–Crippen MR) is 73.7 cm³/mol. The van der Waals surface area contributed by atoms with Crippen LogP contribution in [-0.4, -0.2) is 7.11 Å². The van der Waals surface area contributed by atoms with Crippen molar-refractivity contribution in [1.29, 1.82) is 10.5 Å². The summed E-state index contributed by atoms with van der Waals surface area (Å²) in [6.07, 6.45) is 0. The fraction of sp³-hybridized carbons (Fsp3) is 0.125. The largest absolute Gasteiger partial charge is 0.497 e. The quantitative estimate of drug-likeness (QED) is 0.850. The number of rotatable bonds is 3. The zero-order valence-corrected chi connectivity index (χ0v) is 11.2. The highest BCUT2D eigenvalue weighted by Gasteiger charge is 2.09. The Morgan fingerprint density at radius 1 is 0.950 bits per heavy atom. The fourth-order valence-corrected chi connectivity index (χ4v) is 1.70. The number of nitrogens with zero attached hydrogens (tertiary/aromatic N) is 2. The Kier molecular flexibility index (Phi) is 3.88. The van der Waals surface area contributed by atoms with E-state index in [4.69, 9.17) is 20.0 Å². The SMILES string of the molecule is COc1ccc(C#N)c(Oc2cc(C#N)ccc2C)c1. The van der Waals surface area contributed by atoms with Gasteiger partial charge < -0.3 is 9.47 Å². The molecule has 4 nitrogen and oxygen atoms in total. The van der Waals surface area contributed by atoms with Gasteiger partial charge >= 0.3 is 0 Å². The molecule has 0 radical (unpaired) electrons. The Morgan fingerprint density at radius 3 is 2.40 bits per heavy atom. The molecule has 0 aromatic heterocycles. The summed E-state index contributed by atoms with van der Waals surface area (Å²) in [5.74, 6) is 1.56. The molecule has 0 aliphatic heterocycles. The fourth-order valence-electron chi connectivity index (χ4n) is 1.70. The third-order valence-corrected chi connectivity index (χ3v) is 2.85. The van der Waals surface area contributed by atoms with E-state index in [1.165, 1.54) is 0 Å². The summed E-state index contributed by atoms with van der Waals surface area (Å²) in [7, 11) is 1.55. The zero-order valence-electron chi connectivity index (χ0n) is 11.2. The summed E-state index contributed by atoms with van der Waals surface area (Å²) in [4.78, 5) is 0. The Bertz CT molecular complexity index is 724. The van der Waals surface area contributed by atoms with Crippen molar-refractivity contribution in [2.45, 2.75) is 6.92 Å². The van der Waals surface area contributed by atoms with Crippen molar-refractivity contribution in [3.63, 3.8) is 0 Å². The first-order valence-electron chi connectivity index (χ1n) is 5.94. The summed E-state index contributed by atoms with van der Waals surface area (Å²) in [5.41, 5.74) is 1.80. The van der Waals surface area contributed by atoms with E-state index in [9.17, 15) is 0 Å². The van der Waals surface area contributed by atoms with Gasteiger partial charge in [0.1, 0.15) is 23.3 Å². The van der Waals surface area contributed by atoms with Crippen molar-refractivity contribution in [1.82, 2.24) is 0 Å². The van der Waals surface area contributed by atoms with Crippen LogP contribution in [0.25, 0.3) is 0 Å². The Labute approximate surface area is 117 Å². The first-order valence-corrected chi connectivity index (χ1v) is 5.94. The first-order chi connectivity index (χ1) is 9.67. The van der Waals surface area contributed by atoms with Crippen LogP contribution in [-0.2, 0) is 0 Å². The molecule has 2 rings (SSSR count). The molecule has 0 heterocycles. The van der Waals surface area contributed by atoms with Gasteiger partial charge in [-0.1, -0.05) is 6.07 Å². The molecule has 0 unspecified atom stereocenters. The number of aryl methyl sites for hydroxylation is 1. The summed E-state index contributed by atoms with van der Waals surface area (Å²) < 4.78 is 10.9. The van der Waals surface area contributed by atoms with Gasteiger partial charge in [0.05, 0.1) is 24.3 Å². The van der Waals surface area contributed by atoms with E-state index >= 15 is 0 Å². The number of ether oxygens (including phenoxy) is 2. The van der Waals surface area contributed by atoms with Gasteiger partial charge in [-0.3, -0.25) is 0 Å². The number of methoxy groups -OCH3 is 1. The highest BCUT2D eigenvalue weighted by molar-refractivity contribution is 5.51. The van der Waals surface area contributed by atoms with Gasteiger partial charge in [0, 0.05) is 6.07 Å². The molecule has 0 aliphatic rings. The lowest BCUT2D eigenvalue weighted by Crippen LogP contribution is -1.93. The first kappa shape index (κ1) is 13.5. The zero-order chi connectivity index (χ0) is 14.5. The van der Waals surface area contributed by atoms with Gasteiger partial charge in [0.25, 0.3) is 0 Å². The second kappa shape index (κ2) is 5.77. The molecule has 0 aliphatic carbocycles. The van der Waals surface area contributed by atoms with Crippen LogP contribution in [0.1, 0.15) is 16.7 Å². The highest BCUT2D eigenvalue weighted by Crippen LogP contribution is 2.31. The molecule has 0 saturated heterocycles. The van der Waals surface area contributed by atoms with Crippen LogP contribution < -0.4 is 9.47 Å². The molecular weight excluding hydrogens is 252 g/mol. The van der Waals surface area contributed by atoms with Crippen molar-refractivity contribution >= 4 is 0 Å². The van der Waals surface area contributed by atoms with Crippen LogP contribution in [0.2, 0.25) is 0 Å². The van der Waals surface area contributed by atoms with Crippen LogP contribution in [0, 0.1) is 29.6 Å². The molecule has 4 heteroatoms. The van der Waals surface area contributed by atoms with E-state index in [0.29, 0.717) is 28.4 Å². The van der Waals surface area contributed by atoms with Crippen LogP contribution >= 0.6 is 0 Å². The van der Waals surface area contributed by atoms with Crippen molar-refractivity contribution < 1.29 is 9.47 Å². The average Bonchev–Trinajstić information content (AvgIpc) is 2.49. The van der Waals surface area contributed by atoms with Crippen molar-refractivity contribution in [2.75, 3.05) is 7.11 Å². The van der Waals surface area contributed by atoms with E-state index in [1.54, 1.807) is 43.5 Å². The van der Waals surface area contributed by atoms with E-state index < -0.39 is 0 Å². The summed E-state index contributed by atoms with van der Waals surface area (Å²) >= 11 is 0. The second-order valence-corrected chi connectivity index (χ2v) is 4.17. The predicted octanol–water partition coefficient (Wildman–Crippen LogP) is 3.54. The van der Waals surface area contributed by atoms with E-state index in [-0.39, 0.29) is 0 Å². The minimum atomic E-state index is 0.407. The lowest BCUT2D eigenvalue weighted by atomic mass is 10.1. The Morgan fingerprint density at radius 2 is 1.75 bits per heavy atom. The normalized spacial score (nSPS) is 9.40. The molecular formula is C16H12N2O2. The maximum atomic E-state index is 9.11. The molecule has 0 N–H and O–H groups in total. The van der Waals surface area contributed by atoms with E-state index in [2.05, 4.69) is 12.1 Å². The molecule has 0 bridgehead atoms. The highest BCUT2D eigenvalue weighted by atomic mass is 16.5. The molecule has 0 amide bonds. The molecule has 0 atom stereocenters. The standard InChI is InChI=1S/C16H12N2O2/c1-11-3-4-12(9-17)7-15(11)20-16-8-14(19-2)6-5-13(16)10-18/h3-8H,1-2H3. The number of hydrogen-bond acceptors (Lipinski definition) is 4. The molecule has 2 aromatic rings. The van der Waals surface area contributed by atoms with Crippen LogP contribution in [0.4, 0.5) is 0 Å². The molecule has 2 aromatic carbocycles. The summed E-state index contributed by atoms with van der Waals surface area (Å²) in [6, 6.07) is 14.3. The van der Waals surface area contributed by atoms with Crippen molar-refractivity contribution in [3.8, 4) is 29.4 Å². The molecule has 20 heavy (non-hydrogen) atoms. The minimum Gasteiger partial charge on any atom is -0.497 e. The molecule has 0 saturated carbocycles. The molecule has 0 spiro atoms. The van der Waals surface area contributed by atoms with Crippen LogP contribution in [0.5, 0.6) is 17.2 Å². The lowest BCUT2D eigenvalue weighted by molar-refractivity contribution is 0.408. The Hall–Kier alpha value is -2.98. The third-order valence-electron chi connectivity index (χ3n) is 2.85. The van der Waals surface area contributed by atoms with E-state index in [1.807, 2.05) is 6.92 Å². The average molecular weight is 264 g/mol. The van der Waals surface area contributed by atoms with E-state index in [0.717, 1.165) is 5.56 Å². The van der Waals surface area contributed by atoms with Gasteiger partial charge in [-0.25, -0.2) is 0 Å². The smallest absolute Gasteiger partial charge is 0.148 e. The van der Waals surface area contributed by atoms with Gasteiger partial charge in [-0.05, 0) is 36.8 Å². The topological polar surface area (TPSA) is 66.0 Å². The number of nitriles is 2. The van der Waals surface area contributed by atoms with Gasteiger partial charge in [0.15, 0.2) is 0 Å². The van der Waals surface area contributed by atoms with Gasteiger partial charge in [-0.15, -0.1) is 0 Å². The number of hydrogen-bond donors (Lipinski definition) is 0. The molecule has 98 valence electrons. The summed E-state index contributed by atoms with van der Waals surface area (Å²) in [5, 5.41) is 18.0. The molecule has 0 fully saturated rings. The monoisotopic (exact) mass is 264 g/mol. The minimum absolute atomic E-state index is 0.407. The maximum Gasteiger partial charge on any atom is 0.148 e.